The van der Waals surface area contributed by atoms with Gasteiger partial charge in [0.05, 0.1) is 22.4 Å². The van der Waals surface area contributed by atoms with Crippen molar-refractivity contribution in [3.63, 3.8) is 0 Å². The lowest BCUT2D eigenvalue weighted by atomic mass is 10.2. The summed E-state index contributed by atoms with van der Waals surface area (Å²) in [6.45, 7) is 0. The molecule has 3 aromatic heterocycles. The van der Waals surface area contributed by atoms with Gasteiger partial charge >= 0.3 is 0 Å². The molecular weight excluding hydrogens is 324 g/mol. The van der Waals surface area contributed by atoms with Crippen LogP contribution in [0.25, 0.3) is 22.2 Å². The highest BCUT2D eigenvalue weighted by Crippen LogP contribution is 2.27. The van der Waals surface area contributed by atoms with Gasteiger partial charge in [0.1, 0.15) is 11.3 Å². The van der Waals surface area contributed by atoms with Crippen LogP contribution in [0, 0.1) is 0 Å². The second kappa shape index (κ2) is 5.67. The normalized spacial score (nSPS) is 11.2. The SMILES string of the molecule is O=c1[nH]c2ccccc2n2c(Nc3ccccc3-n3cccc3)ccc12. The van der Waals surface area contributed by atoms with Gasteiger partial charge in [0.2, 0.25) is 0 Å². The second-order valence-electron chi connectivity index (χ2n) is 6.14. The predicted molar refractivity (Wildman–Crippen MR) is 105 cm³/mol. The summed E-state index contributed by atoms with van der Waals surface area (Å²) in [4.78, 5) is 15.3. The van der Waals surface area contributed by atoms with Crippen LogP contribution in [-0.2, 0) is 0 Å². The third-order valence-electron chi connectivity index (χ3n) is 4.56. The molecular formula is C21H16N4O. The van der Waals surface area contributed by atoms with E-state index in [0.29, 0.717) is 5.52 Å². The number of nitrogens with one attached hydrogen (secondary N) is 2. The van der Waals surface area contributed by atoms with Crippen LogP contribution in [-0.4, -0.2) is 14.0 Å². The Morgan fingerprint density at radius 2 is 1.54 bits per heavy atom. The highest BCUT2D eigenvalue weighted by Gasteiger charge is 2.11. The Morgan fingerprint density at radius 3 is 2.42 bits per heavy atom. The maximum Gasteiger partial charge on any atom is 0.272 e. The fourth-order valence-electron chi connectivity index (χ4n) is 3.37. The van der Waals surface area contributed by atoms with E-state index in [4.69, 9.17) is 0 Å². The van der Waals surface area contributed by atoms with Gasteiger partial charge in [-0.15, -0.1) is 0 Å². The highest BCUT2D eigenvalue weighted by molar-refractivity contribution is 5.82. The molecule has 5 aromatic rings. The van der Waals surface area contributed by atoms with Gasteiger partial charge in [-0.3, -0.25) is 9.20 Å². The third-order valence-corrected chi connectivity index (χ3v) is 4.56. The first kappa shape index (κ1) is 14.6. The summed E-state index contributed by atoms with van der Waals surface area (Å²) in [6, 6.07) is 23.7. The standard InChI is InChI=1S/C21H16N4O/c26-21-19-11-12-20(25(19)18-10-4-2-8-16(18)23-21)22-15-7-1-3-9-17(15)24-13-5-6-14-24/h1-14,22H,(H,23,26). The van der Waals surface area contributed by atoms with E-state index in [9.17, 15) is 4.79 Å². The monoisotopic (exact) mass is 340 g/mol. The number of aromatic nitrogens is 3. The molecule has 0 aliphatic heterocycles. The molecule has 0 bridgehead atoms. The first-order valence-electron chi connectivity index (χ1n) is 8.43. The number of hydrogen-bond acceptors (Lipinski definition) is 2. The van der Waals surface area contributed by atoms with Crippen molar-refractivity contribution >= 4 is 28.1 Å². The van der Waals surface area contributed by atoms with Crippen molar-refractivity contribution in [2.75, 3.05) is 5.32 Å². The third kappa shape index (κ3) is 2.22. The summed E-state index contributed by atoms with van der Waals surface area (Å²) in [6.07, 6.45) is 4.02. The van der Waals surface area contributed by atoms with Gasteiger partial charge in [0.25, 0.3) is 5.56 Å². The topological polar surface area (TPSA) is 54.2 Å². The zero-order chi connectivity index (χ0) is 17.5. The number of nitrogens with zero attached hydrogens (tertiary/aromatic N) is 2. The van der Waals surface area contributed by atoms with Crippen molar-refractivity contribution < 1.29 is 0 Å². The van der Waals surface area contributed by atoms with E-state index < -0.39 is 0 Å². The first-order chi connectivity index (χ1) is 12.8. The molecule has 0 atom stereocenters. The maximum absolute atomic E-state index is 12.4. The quantitative estimate of drug-likeness (QED) is 0.514. The molecule has 0 aliphatic rings. The number of aromatic amines is 1. The van der Waals surface area contributed by atoms with Gasteiger partial charge in [-0.2, -0.15) is 0 Å². The Hall–Kier alpha value is -3.73. The molecule has 5 nitrogen and oxygen atoms in total. The lowest BCUT2D eigenvalue weighted by molar-refractivity contribution is 1.08. The Balaban J connectivity index is 1.72. The number of benzene rings is 2. The zero-order valence-corrected chi connectivity index (χ0v) is 13.9. The maximum atomic E-state index is 12.4. The van der Waals surface area contributed by atoms with Gasteiger partial charge in [-0.25, -0.2) is 0 Å². The molecule has 126 valence electrons. The number of rotatable bonds is 3. The van der Waals surface area contributed by atoms with Crippen LogP contribution >= 0.6 is 0 Å². The summed E-state index contributed by atoms with van der Waals surface area (Å²) in [5, 5.41) is 3.49. The summed E-state index contributed by atoms with van der Waals surface area (Å²) in [5.74, 6) is 0.849. The smallest absolute Gasteiger partial charge is 0.272 e. The van der Waals surface area contributed by atoms with Gasteiger partial charge in [-0.1, -0.05) is 24.3 Å². The molecule has 0 saturated carbocycles. The molecule has 5 heteroatoms. The summed E-state index contributed by atoms with van der Waals surface area (Å²) in [7, 11) is 0. The fraction of sp³-hybridized carbons (Fsp3) is 0. The summed E-state index contributed by atoms with van der Waals surface area (Å²) >= 11 is 0. The Kier molecular flexibility index (Phi) is 3.18. The minimum Gasteiger partial charge on any atom is -0.340 e. The molecule has 5 rings (SSSR count). The molecule has 26 heavy (non-hydrogen) atoms. The van der Waals surface area contributed by atoms with E-state index in [1.165, 1.54) is 0 Å². The molecule has 0 unspecified atom stereocenters. The lowest BCUT2D eigenvalue weighted by Gasteiger charge is -2.14. The molecule has 0 aliphatic carbocycles. The molecule has 2 aromatic carbocycles. The van der Waals surface area contributed by atoms with Crippen molar-refractivity contribution in [3.8, 4) is 5.69 Å². The number of para-hydroxylation sites is 4. The lowest BCUT2D eigenvalue weighted by Crippen LogP contribution is -2.11. The van der Waals surface area contributed by atoms with Gasteiger partial charge < -0.3 is 14.9 Å². The largest absolute Gasteiger partial charge is 0.340 e. The first-order valence-corrected chi connectivity index (χ1v) is 8.43. The van der Waals surface area contributed by atoms with Gasteiger partial charge in [0.15, 0.2) is 0 Å². The minimum atomic E-state index is -0.101. The fourth-order valence-corrected chi connectivity index (χ4v) is 3.37. The molecule has 3 heterocycles. The average molecular weight is 340 g/mol. The van der Waals surface area contributed by atoms with Crippen molar-refractivity contribution in [1.82, 2.24) is 14.0 Å². The molecule has 2 N–H and O–H groups in total. The van der Waals surface area contributed by atoms with E-state index in [-0.39, 0.29) is 5.56 Å². The van der Waals surface area contributed by atoms with Crippen LogP contribution in [0.2, 0.25) is 0 Å². The predicted octanol–water partition coefficient (Wildman–Crippen LogP) is 4.32. The molecule has 0 radical (unpaired) electrons. The van der Waals surface area contributed by atoms with Crippen LogP contribution in [0.15, 0.2) is 90.0 Å². The zero-order valence-electron chi connectivity index (χ0n) is 13.9. The van der Waals surface area contributed by atoms with Gasteiger partial charge in [0, 0.05) is 12.4 Å². The van der Waals surface area contributed by atoms with Crippen LogP contribution in [0.1, 0.15) is 0 Å². The van der Waals surface area contributed by atoms with Crippen LogP contribution in [0.4, 0.5) is 11.5 Å². The van der Waals surface area contributed by atoms with E-state index >= 15 is 0 Å². The van der Waals surface area contributed by atoms with E-state index in [0.717, 1.165) is 28.2 Å². The minimum absolute atomic E-state index is 0.101. The highest BCUT2D eigenvalue weighted by atomic mass is 16.1. The average Bonchev–Trinajstić information content (AvgIpc) is 3.33. The Labute approximate surface area is 149 Å². The van der Waals surface area contributed by atoms with Crippen molar-refractivity contribution in [1.29, 1.82) is 0 Å². The van der Waals surface area contributed by atoms with E-state index in [1.54, 1.807) is 0 Å². The molecule has 0 amide bonds. The van der Waals surface area contributed by atoms with Crippen LogP contribution < -0.4 is 10.9 Å². The Bertz CT molecular complexity index is 1280. The number of fused-ring (bicyclic) bond motifs is 3. The van der Waals surface area contributed by atoms with Crippen LogP contribution in [0.3, 0.4) is 0 Å². The number of H-pyrrole nitrogens is 1. The van der Waals surface area contributed by atoms with E-state index in [2.05, 4.69) is 20.9 Å². The van der Waals surface area contributed by atoms with Crippen LogP contribution in [0.5, 0.6) is 0 Å². The Morgan fingerprint density at radius 1 is 0.769 bits per heavy atom. The second-order valence-corrected chi connectivity index (χ2v) is 6.14. The number of hydrogen-bond donors (Lipinski definition) is 2. The summed E-state index contributed by atoms with van der Waals surface area (Å²) in [5.41, 5.74) is 4.28. The van der Waals surface area contributed by atoms with E-state index in [1.807, 2.05) is 83.5 Å². The van der Waals surface area contributed by atoms with Crippen molar-refractivity contribution in [2.45, 2.75) is 0 Å². The van der Waals surface area contributed by atoms with Crippen molar-refractivity contribution in [3.05, 3.63) is 95.5 Å². The summed E-state index contributed by atoms with van der Waals surface area (Å²) < 4.78 is 4.02. The van der Waals surface area contributed by atoms with Gasteiger partial charge in [-0.05, 0) is 48.5 Å². The van der Waals surface area contributed by atoms with Crippen molar-refractivity contribution in [2.24, 2.45) is 0 Å². The molecule has 0 spiro atoms. The molecule has 0 fully saturated rings. The number of anilines is 2. The molecule has 0 saturated heterocycles.